The molecule has 9 nitrogen and oxygen atoms in total. The zero-order valence-electron chi connectivity index (χ0n) is 21.2. The fourth-order valence-corrected chi connectivity index (χ4v) is 6.13. The lowest BCUT2D eigenvalue weighted by Gasteiger charge is -2.20. The third-order valence-corrected chi connectivity index (χ3v) is 8.32. The van der Waals surface area contributed by atoms with E-state index in [1.807, 2.05) is 30.3 Å². The minimum Gasteiger partial charge on any atom is -0.495 e. The predicted molar refractivity (Wildman–Crippen MR) is 149 cm³/mol. The van der Waals surface area contributed by atoms with Crippen molar-refractivity contribution in [2.24, 2.45) is 5.73 Å². The van der Waals surface area contributed by atoms with Gasteiger partial charge >= 0.3 is 5.69 Å². The quantitative estimate of drug-likeness (QED) is 0.363. The van der Waals surface area contributed by atoms with Gasteiger partial charge in [0.25, 0.3) is 5.56 Å². The Bertz CT molecular complexity index is 1780. The van der Waals surface area contributed by atoms with E-state index in [9.17, 15) is 18.0 Å². The number of fused-ring (bicyclic) bond motifs is 1. The van der Waals surface area contributed by atoms with Crippen LogP contribution in [0.15, 0.2) is 87.3 Å². The maximum Gasteiger partial charge on any atom is 0.334 e. The molecule has 0 radical (unpaired) electrons. The Balaban J connectivity index is 1.79. The number of hydrogen-bond donors (Lipinski definition) is 1. The van der Waals surface area contributed by atoms with Crippen molar-refractivity contribution in [3.63, 3.8) is 0 Å². The summed E-state index contributed by atoms with van der Waals surface area (Å²) in [6.07, 6.45) is 1.10. The van der Waals surface area contributed by atoms with Gasteiger partial charge in [0, 0.05) is 17.9 Å². The van der Waals surface area contributed by atoms with Crippen molar-refractivity contribution in [1.82, 2.24) is 9.13 Å². The van der Waals surface area contributed by atoms with E-state index in [2.05, 4.69) is 0 Å². The van der Waals surface area contributed by atoms with Gasteiger partial charge in [-0.25, -0.2) is 13.2 Å². The second kappa shape index (κ2) is 10.4. The third kappa shape index (κ3) is 4.75. The molecule has 1 aliphatic rings. The number of benzene rings is 3. The molecule has 11 heteroatoms. The molecule has 4 aromatic rings. The van der Waals surface area contributed by atoms with Gasteiger partial charge in [-0.05, 0) is 23.3 Å². The van der Waals surface area contributed by atoms with Crippen LogP contribution in [0, 0.1) is 0 Å². The van der Waals surface area contributed by atoms with Gasteiger partial charge in [0.15, 0.2) is 9.84 Å². The second-order valence-electron chi connectivity index (χ2n) is 9.22. The number of aromatic nitrogens is 2. The summed E-state index contributed by atoms with van der Waals surface area (Å²) in [7, 11) is -2.18. The monoisotopic (exact) mass is 567 g/mol. The molecule has 2 unspecified atom stereocenters. The topological polar surface area (TPSA) is 123 Å². The Kier molecular flexibility index (Phi) is 7.11. The van der Waals surface area contributed by atoms with Gasteiger partial charge < -0.3 is 15.2 Å². The van der Waals surface area contributed by atoms with Gasteiger partial charge in [0.2, 0.25) is 5.88 Å². The predicted octanol–water partition coefficient (Wildman–Crippen LogP) is 3.42. The summed E-state index contributed by atoms with van der Waals surface area (Å²) >= 11 is 6.63. The molecule has 3 aromatic carbocycles. The maximum absolute atomic E-state index is 14.0. The first kappa shape index (κ1) is 26.7. The number of sulfone groups is 1. The van der Waals surface area contributed by atoms with Crippen LogP contribution in [0.3, 0.4) is 0 Å². The number of ether oxygens (including phenoxy) is 2. The number of hydrogen-bond acceptors (Lipinski definition) is 7. The van der Waals surface area contributed by atoms with Crippen molar-refractivity contribution in [2.45, 2.75) is 23.5 Å². The van der Waals surface area contributed by atoms with Crippen LogP contribution in [0.1, 0.15) is 23.2 Å². The SMILES string of the molecule is COc1cccc(-c2c3n(c(=O)n(CC(N)c4ccccc4)c2=O)C(c2ccccc2S(C)(=O)=O)CO3)c1Cl. The number of nitrogens with zero attached hydrogens (tertiary/aromatic N) is 2. The van der Waals surface area contributed by atoms with E-state index >= 15 is 0 Å². The first-order chi connectivity index (χ1) is 18.6. The zero-order chi connectivity index (χ0) is 27.9. The Morgan fingerprint density at radius 1 is 1.05 bits per heavy atom. The van der Waals surface area contributed by atoms with E-state index in [1.165, 1.54) is 17.7 Å². The average Bonchev–Trinajstić information content (AvgIpc) is 3.37. The van der Waals surface area contributed by atoms with Crippen LogP contribution in [0.5, 0.6) is 11.6 Å². The minimum absolute atomic E-state index is 0.00186. The molecule has 0 saturated heterocycles. The summed E-state index contributed by atoms with van der Waals surface area (Å²) < 4.78 is 38.9. The van der Waals surface area contributed by atoms with Gasteiger partial charge in [-0.3, -0.25) is 13.9 Å². The number of halogens is 1. The molecule has 39 heavy (non-hydrogen) atoms. The fraction of sp³-hybridized carbons (Fsp3) is 0.214. The highest BCUT2D eigenvalue weighted by molar-refractivity contribution is 7.90. The Hall–Kier alpha value is -3.86. The van der Waals surface area contributed by atoms with Crippen molar-refractivity contribution >= 4 is 21.4 Å². The fourth-order valence-electron chi connectivity index (χ4n) is 4.88. The molecule has 1 aromatic heterocycles. The van der Waals surface area contributed by atoms with E-state index in [0.29, 0.717) is 16.9 Å². The maximum atomic E-state index is 14.0. The highest BCUT2D eigenvalue weighted by Crippen LogP contribution is 2.41. The largest absolute Gasteiger partial charge is 0.495 e. The highest BCUT2D eigenvalue weighted by atomic mass is 35.5. The smallest absolute Gasteiger partial charge is 0.334 e. The van der Waals surface area contributed by atoms with Crippen LogP contribution in [0.4, 0.5) is 0 Å². The molecule has 0 bridgehead atoms. The molecule has 2 atom stereocenters. The summed E-state index contributed by atoms with van der Waals surface area (Å²) in [5, 5.41) is 0.168. The van der Waals surface area contributed by atoms with Crippen LogP contribution < -0.4 is 26.5 Å². The molecular weight excluding hydrogens is 542 g/mol. The van der Waals surface area contributed by atoms with E-state index in [-0.39, 0.29) is 34.5 Å². The van der Waals surface area contributed by atoms with E-state index < -0.39 is 33.2 Å². The van der Waals surface area contributed by atoms with Crippen molar-refractivity contribution < 1.29 is 17.9 Å². The van der Waals surface area contributed by atoms with Crippen molar-refractivity contribution in [3.05, 3.63) is 110 Å². The lowest BCUT2D eigenvalue weighted by Crippen LogP contribution is -2.43. The van der Waals surface area contributed by atoms with Crippen LogP contribution in [0.25, 0.3) is 11.1 Å². The van der Waals surface area contributed by atoms with E-state index in [0.717, 1.165) is 16.4 Å². The lowest BCUT2D eigenvalue weighted by atomic mass is 10.1. The van der Waals surface area contributed by atoms with Crippen LogP contribution in [-0.2, 0) is 16.4 Å². The molecular formula is C28H26ClN3O6S. The molecule has 0 fully saturated rings. The first-order valence-electron chi connectivity index (χ1n) is 12.1. The number of methoxy groups -OCH3 is 1. The average molecular weight is 568 g/mol. The third-order valence-electron chi connectivity index (χ3n) is 6.76. The number of nitrogens with two attached hydrogens (primary N) is 1. The molecule has 202 valence electrons. The summed E-state index contributed by atoms with van der Waals surface area (Å²) in [6, 6.07) is 19.0. The summed E-state index contributed by atoms with van der Waals surface area (Å²) in [6.45, 7) is -0.193. The summed E-state index contributed by atoms with van der Waals surface area (Å²) in [5.41, 5.74) is 6.61. The molecule has 0 amide bonds. The summed E-state index contributed by atoms with van der Waals surface area (Å²) in [5.74, 6) is 0.334. The van der Waals surface area contributed by atoms with Gasteiger partial charge in [0.1, 0.15) is 24.0 Å². The molecule has 0 spiro atoms. The molecule has 0 saturated carbocycles. The first-order valence-corrected chi connectivity index (χ1v) is 14.3. The normalized spacial score (nSPS) is 15.4. The van der Waals surface area contributed by atoms with Crippen molar-refractivity contribution in [3.8, 4) is 22.8 Å². The zero-order valence-corrected chi connectivity index (χ0v) is 22.8. The van der Waals surface area contributed by atoms with Crippen LogP contribution in [-0.4, -0.2) is 37.5 Å². The molecule has 0 aliphatic carbocycles. The highest BCUT2D eigenvalue weighted by Gasteiger charge is 2.36. The van der Waals surface area contributed by atoms with E-state index in [1.54, 1.807) is 36.4 Å². The second-order valence-corrected chi connectivity index (χ2v) is 11.6. The van der Waals surface area contributed by atoms with E-state index in [4.69, 9.17) is 26.8 Å². The minimum atomic E-state index is -3.63. The summed E-state index contributed by atoms with van der Waals surface area (Å²) in [4.78, 5) is 28.0. The van der Waals surface area contributed by atoms with Gasteiger partial charge in [-0.15, -0.1) is 0 Å². The molecule has 2 N–H and O–H groups in total. The Morgan fingerprint density at radius 2 is 1.74 bits per heavy atom. The molecule has 2 heterocycles. The van der Waals surface area contributed by atoms with Gasteiger partial charge in [-0.1, -0.05) is 72.3 Å². The Morgan fingerprint density at radius 3 is 2.44 bits per heavy atom. The standard InChI is InChI=1S/C28H26ClN3O6S/c1-37-22-13-8-12-19(25(22)29)24-26(33)31(15-20(30)17-9-4-3-5-10-17)28(34)32-21(16-38-27(24)32)18-11-6-7-14-23(18)39(2,35)36/h3-14,20-21H,15-16,30H2,1-2H3. The van der Waals surface area contributed by atoms with Crippen molar-refractivity contribution in [2.75, 3.05) is 20.0 Å². The van der Waals surface area contributed by atoms with Crippen molar-refractivity contribution in [1.29, 1.82) is 0 Å². The van der Waals surface area contributed by atoms with Crippen LogP contribution in [0.2, 0.25) is 5.02 Å². The van der Waals surface area contributed by atoms with Crippen LogP contribution >= 0.6 is 11.6 Å². The van der Waals surface area contributed by atoms with Gasteiger partial charge in [0.05, 0.1) is 23.6 Å². The molecule has 5 rings (SSSR count). The van der Waals surface area contributed by atoms with Gasteiger partial charge in [-0.2, -0.15) is 0 Å². The lowest BCUT2D eigenvalue weighted by molar-refractivity contribution is 0.342. The molecule has 1 aliphatic heterocycles. The number of rotatable bonds is 7. The Labute approximate surface area is 229 Å².